The summed E-state index contributed by atoms with van der Waals surface area (Å²) in [6.45, 7) is 8.70. The fraction of sp³-hybridized carbons (Fsp3) is 0.600. The molecule has 0 spiro atoms. The Bertz CT molecular complexity index is 821. The first-order valence-electron chi connectivity index (χ1n) is 9.78. The molecule has 0 aromatic heterocycles. The molecular formula is C20H31N3O4S. The zero-order valence-electron chi connectivity index (χ0n) is 17.1. The minimum atomic E-state index is -3.65. The highest BCUT2D eigenvalue weighted by atomic mass is 32.2. The number of rotatable bonds is 7. The van der Waals surface area contributed by atoms with Gasteiger partial charge in [0.15, 0.2) is 0 Å². The lowest BCUT2D eigenvalue weighted by Gasteiger charge is -2.25. The Kier molecular flexibility index (Phi) is 7.60. The maximum absolute atomic E-state index is 13.1. The molecule has 0 aliphatic carbocycles. The van der Waals surface area contributed by atoms with Gasteiger partial charge in [0.05, 0.1) is 4.90 Å². The number of hydrogen-bond donors (Lipinski definition) is 2. The molecular weight excluding hydrogens is 378 g/mol. The molecule has 28 heavy (non-hydrogen) atoms. The van der Waals surface area contributed by atoms with Crippen LogP contribution in [0.4, 0.5) is 0 Å². The number of aryl methyl sites for hydroxylation is 2. The van der Waals surface area contributed by atoms with E-state index in [1.54, 1.807) is 19.1 Å². The van der Waals surface area contributed by atoms with Gasteiger partial charge < -0.3 is 10.6 Å². The van der Waals surface area contributed by atoms with Crippen molar-refractivity contribution in [2.45, 2.75) is 57.9 Å². The van der Waals surface area contributed by atoms with E-state index in [1.807, 2.05) is 26.8 Å². The summed E-state index contributed by atoms with van der Waals surface area (Å²) in [5.41, 5.74) is 1.58. The largest absolute Gasteiger partial charge is 0.348 e. The fourth-order valence-electron chi connectivity index (χ4n) is 3.29. The van der Waals surface area contributed by atoms with E-state index in [0.29, 0.717) is 35.9 Å². The Morgan fingerprint density at radius 1 is 1.18 bits per heavy atom. The smallest absolute Gasteiger partial charge is 0.309 e. The molecule has 0 bridgehead atoms. The first-order chi connectivity index (χ1) is 13.1. The Morgan fingerprint density at radius 3 is 2.54 bits per heavy atom. The lowest BCUT2D eigenvalue weighted by atomic mass is 10.1. The molecule has 0 radical (unpaired) electrons. The van der Waals surface area contributed by atoms with Crippen LogP contribution in [0.2, 0.25) is 0 Å². The van der Waals surface area contributed by atoms with Gasteiger partial charge in [-0.25, -0.2) is 8.42 Å². The van der Waals surface area contributed by atoms with Gasteiger partial charge in [0.1, 0.15) is 0 Å². The normalized spacial score (nSPS) is 17.7. The average molecular weight is 410 g/mol. The third kappa shape index (κ3) is 5.54. The van der Waals surface area contributed by atoms with Gasteiger partial charge in [-0.1, -0.05) is 26.0 Å². The number of benzene rings is 1. The molecule has 8 heteroatoms. The van der Waals surface area contributed by atoms with Gasteiger partial charge in [-0.2, -0.15) is 4.31 Å². The van der Waals surface area contributed by atoms with E-state index in [-0.39, 0.29) is 12.6 Å². The van der Waals surface area contributed by atoms with Crippen LogP contribution in [-0.2, 0) is 19.6 Å². The minimum absolute atomic E-state index is 0.126. The highest BCUT2D eigenvalue weighted by Gasteiger charge is 2.36. The van der Waals surface area contributed by atoms with Crippen LogP contribution in [0.15, 0.2) is 23.1 Å². The summed E-state index contributed by atoms with van der Waals surface area (Å²) < 4.78 is 27.7. The SMILES string of the molecule is Cc1ccc(C)c(S(=O)(=O)N2CCC[C@H]2CNC(=O)C(=O)NCCC(C)C)c1. The molecule has 2 N–H and O–H groups in total. The molecule has 1 aliphatic rings. The molecule has 1 heterocycles. The lowest BCUT2D eigenvalue weighted by Crippen LogP contribution is -2.47. The lowest BCUT2D eigenvalue weighted by molar-refractivity contribution is -0.139. The number of nitrogens with one attached hydrogen (secondary N) is 2. The second-order valence-corrected chi connectivity index (χ2v) is 9.69. The van der Waals surface area contributed by atoms with Crippen molar-refractivity contribution < 1.29 is 18.0 Å². The van der Waals surface area contributed by atoms with Gasteiger partial charge in [0, 0.05) is 25.7 Å². The highest BCUT2D eigenvalue weighted by Crippen LogP contribution is 2.28. The van der Waals surface area contributed by atoms with Crippen molar-refractivity contribution >= 4 is 21.8 Å². The van der Waals surface area contributed by atoms with Crippen LogP contribution in [0, 0.1) is 19.8 Å². The van der Waals surface area contributed by atoms with Gasteiger partial charge in [-0.05, 0) is 56.2 Å². The molecule has 1 saturated heterocycles. The highest BCUT2D eigenvalue weighted by molar-refractivity contribution is 7.89. The zero-order valence-corrected chi connectivity index (χ0v) is 17.9. The quantitative estimate of drug-likeness (QED) is 0.671. The van der Waals surface area contributed by atoms with Gasteiger partial charge in [0.25, 0.3) is 0 Å². The molecule has 1 aromatic rings. The van der Waals surface area contributed by atoms with Crippen molar-refractivity contribution in [3.63, 3.8) is 0 Å². The number of nitrogens with zero attached hydrogens (tertiary/aromatic N) is 1. The monoisotopic (exact) mass is 409 g/mol. The Morgan fingerprint density at radius 2 is 1.86 bits per heavy atom. The summed E-state index contributed by atoms with van der Waals surface area (Å²) in [6, 6.07) is 5.02. The minimum Gasteiger partial charge on any atom is -0.348 e. The zero-order chi connectivity index (χ0) is 20.9. The average Bonchev–Trinajstić information content (AvgIpc) is 3.10. The van der Waals surface area contributed by atoms with Crippen molar-refractivity contribution in [2.75, 3.05) is 19.6 Å². The summed E-state index contributed by atoms with van der Waals surface area (Å²) >= 11 is 0. The third-order valence-electron chi connectivity index (χ3n) is 4.97. The van der Waals surface area contributed by atoms with Crippen LogP contribution >= 0.6 is 0 Å². The molecule has 7 nitrogen and oxygen atoms in total. The first kappa shape index (κ1) is 22.4. The second-order valence-electron chi connectivity index (χ2n) is 7.83. The molecule has 1 aromatic carbocycles. The number of carbonyl (C=O) groups is 2. The molecule has 0 unspecified atom stereocenters. The van der Waals surface area contributed by atoms with E-state index in [0.717, 1.165) is 18.4 Å². The van der Waals surface area contributed by atoms with E-state index in [2.05, 4.69) is 10.6 Å². The summed E-state index contributed by atoms with van der Waals surface area (Å²) in [7, 11) is -3.65. The molecule has 2 rings (SSSR count). The summed E-state index contributed by atoms with van der Waals surface area (Å²) in [6.07, 6.45) is 2.17. The summed E-state index contributed by atoms with van der Waals surface area (Å²) in [5, 5.41) is 5.17. The molecule has 156 valence electrons. The van der Waals surface area contributed by atoms with Gasteiger partial charge >= 0.3 is 11.8 Å². The van der Waals surface area contributed by atoms with Crippen molar-refractivity contribution in [3.8, 4) is 0 Å². The van der Waals surface area contributed by atoms with Crippen LogP contribution in [0.5, 0.6) is 0 Å². The van der Waals surface area contributed by atoms with Crippen molar-refractivity contribution in [3.05, 3.63) is 29.3 Å². The van der Waals surface area contributed by atoms with Gasteiger partial charge in [0.2, 0.25) is 10.0 Å². The third-order valence-corrected chi connectivity index (χ3v) is 7.06. The van der Waals surface area contributed by atoms with Gasteiger partial charge in [-0.15, -0.1) is 0 Å². The van der Waals surface area contributed by atoms with Crippen LogP contribution in [-0.4, -0.2) is 50.2 Å². The van der Waals surface area contributed by atoms with Gasteiger partial charge in [-0.3, -0.25) is 9.59 Å². The van der Waals surface area contributed by atoms with E-state index in [1.165, 1.54) is 4.31 Å². The Balaban J connectivity index is 2.00. The predicted octanol–water partition coefficient (Wildman–Crippen LogP) is 1.74. The number of sulfonamides is 1. The van der Waals surface area contributed by atoms with Crippen LogP contribution in [0.3, 0.4) is 0 Å². The van der Waals surface area contributed by atoms with E-state index >= 15 is 0 Å². The standard InChI is InChI=1S/C20H31N3O4S/c1-14(2)9-10-21-19(24)20(25)22-13-17-6-5-11-23(17)28(26,27)18-12-15(3)7-8-16(18)4/h7-8,12,14,17H,5-6,9-11,13H2,1-4H3,(H,21,24)(H,22,25)/t17-/m0/s1. The summed E-state index contributed by atoms with van der Waals surface area (Å²) in [5.74, 6) is -0.965. The first-order valence-corrected chi connectivity index (χ1v) is 11.2. The summed E-state index contributed by atoms with van der Waals surface area (Å²) in [4.78, 5) is 24.2. The predicted molar refractivity (Wildman–Crippen MR) is 108 cm³/mol. The molecule has 1 aliphatic heterocycles. The maximum Gasteiger partial charge on any atom is 0.309 e. The Labute approximate surface area is 167 Å². The fourth-order valence-corrected chi connectivity index (χ4v) is 5.29. The maximum atomic E-state index is 13.1. The topological polar surface area (TPSA) is 95.6 Å². The van der Waals surface area contributed by atoms with Crippen molar-refractivity contribution in [1.29, 1.82) is 0 Å². The van der Waals surface area contributed by atoms with E-state index in [4.69, 9.17) is 0 Å². The Hall–Kier alpha value is -1.93. The molecule has 1 fully saturated rings. The van der Waals surface area contributed by atoms with Crippen molar-refractivity contribution in [1.82, 2.24) is 14.9 Å². The number of carbonyl (C=O) groups excluding carboxylic acids is 2. The second kappa shape index (κ2) is 9.52. The van der Waals surface area contributed by atoms with E-state index < -0.39 is 21.8 Å². The van der Waals surface area contributed by atoms with Crippen LogP contribution in [0.1, 0.15) is 44.2 Å². The van der Waals surface area contributed by atoms with Crippen LogP contribution in [0.25, 0.3) is 0 Å². The molecule has 0 saturated carbocycles. The van der Waals surface area contributed by atoms with E-state index in [9.17, 15) is 18.0 Å². The molecule has 2 amide bonds. The number of hydrogen-bond acceptors (Lipinski definition) is 4. The molecule has 1 atom stereocenters. The number of amides is 2. The van der Waals surface area contributed by atoms with Crippen LogP contribution < -0.4 is 10.6 Å². The van der Waals surface area contributed by atoms with Crippen molar-refractivity contribution in [2.24, 2.45) is 5.92 Å².